The van der Waals surface area contributed by atoms with Crippen LogP contribution in [0.4, 0.5) is 5.69 Å². The van der Waals surface area contributed by atoms with Crippen LogP contribution in [-0.2, 0) is 29.0 Å². The summed E-state index contributed by atoms with van der Waals surface area (Å²) in [6, 6.07) is 14.7. The SMILES string of the molecule is CC(=O)Nc1ccc(S(=O)(=O)CCC(=O)OCC(=O)N[C@@H](C)c2ccccc2)cc1. The second-order valence-electron chi connectivity index (χ2n) is 6.64. The van der Waals surface area contributed by atoms with E-state index in [1.54, 1.807) is 6.92 Å². The molecule has 2 aromatic rings. The molecule has 0 saturated heterocycles. The number of rotatable bonds is 9. The highest BCUT2D eigenvalue weighted by Gasteiger charge is 2.18. The molecule has 0 unspecified atom stereocenters. The molecule has 8 nitrogen and oxygen atoms in total. The smallest absolute Gasteiger partial charge is 0.307 e. The lowest BCUT2D eigenvalue weighted by molar-refractivity contribution is -0.148. The van der Waals surface area contributed by atoms with E-state index in [2.05, 4.69) is 10.6 Å². The summed E-state index contributed by atoms with van der Waals surface area (Å²) in [4.78, 5) is 34.8. The third-order valence-electron chi connectivity index (χ3n) is 4.15. The zero-order valence-electron chi connectivity index (χ0n) is 16.8. The zero-order chi connectivity index (χ0) is 22.1. The van der Waals surface area contributed by atoms with E-state index in [4.69, 9.17) is 4.74 Å². The fourth-order valence-corrected chi connectivity index (χ4v) is 3.83. The average molecular weight is 432 g/mol. The number of carbonyl (C=O) groups is 3. The highest BCUT2D eigenvalue weighted by atomic mass is 32.2. The number of hydrogen-bond donors (Lipinski definition) is 2. The van der Waals surface area contributed by atoms with Gasteiger partial charge in [-0.15, -0.1) is 0 Å². The minimum atomic E-state index is -3.71. The first-order chi connectivity index (χ1) is 14.2. The first-order valence-electron chi connectivity index (χ1n) is 9.28. The van der Waals surface area contributed by atoms with Crippen LogP contribution in [-0.4, -0.2) is 38.6 Å². The summed E-state index contributed by atoms with van der Waals surface area (Å²) in [7, 11) is -3.71. The van der Waals surface area contributed by atoms with Crippen molar-refractivity contribution in [2.24, 2.45) is 0 Å². The number of ether oxygens (including phenoxy) is 1. The highest BCUT2D eigenvalue weighted by molar-refractivity contribution is 7.91. The maximum atomic E-state index is 12.3. The van der Waals surface area contributed by atoms with Gasteiger partial charge < -0.3 is 15.4 Å². The lowest BCUT2D eigenvalue weighted by Gasteiger charge is -2.14. The molecule has 0 fully saturated rings. The molecule has 0 bridgehead atoms. The van der Waals surface area contributed by atoms with Crippen molar-refractivity contribution >= 4 is 33.3 Å². The second-order valence-corrected chi connectivity index (χ2v) is 8.74. The third-order valence-corrected chi connectivity index (χ3v) is 5.88. The molecular formula is C21H24N2O6S. The van der Waals surface area contributed by atoms with Crippen molar-refractivity contribution in [3.63, 3.8) is 0 Å². The predicted octanol–water partition coefficient (Wildman–Crippen LogP) is 2.23. The Balaban J connectivity index is 1.79. The van der Waals surface area contributed by atoms with Crippen LogP contribution in [0.3, 0.4) is 0 Å². The zero-order valence-corrected chi connectivity index (χ0v) is 17.6. The van der Waals surface area contributed by atoms with E-state index in [-0.39, 0.29) is 23.3 Å². The molecule has 160 valence electrons. The van der Waals surface area contributed by atoms with Gasteiger partial charge in [-0.3, -0.25) is 14.4 Å². The number of hydrogen-bond acceptors (Lipinski definition) is 6. The number of carbonyl (C=O) groups excluding carboxylic acids is 3. The van der Waals surface area contributed by atoms with Crippen molar-refractivity contribution in [3.8, 4) is 0 Å². The van der Waals surface area contributed by atoms with E-state index >= 15 is 0 Å². The molecule has 2 aromatic carbocycles. The van der Waals surface area contributed by atoms with Gasteiger partial charge in [0.2, 0.25) is 5.91 Å². The molecule has 0 saturated carbocycles. The number of sulfone groups is 1. The molecule has 0 aliphatic rings. The molecule has 2 N–H and O–H groups in total. The number of benzene rings is 2. The van der Waals surface area contributed by atoms with Crippen molar-refractivity contribution < 1.29 is 27.5 Å². The Bertz CT molecular complexity index is 988. The van der Waals surface area contributed by atoms with Gasteiger partial charge in [0.05, 0.1) is 23.1 Å². The lowest BCUT2D eigenvalue weighted by atomic mass is 10.1. The molecule has 0 aromatic heterocycles. The molecule has 30 heavy (non-hydrogen) atoms. The monoisotopic (exact) mass is 432 g/mol. The van der Waals surface area contributed by atoms with Gasteiger partial charge in [0.15, 0.2) is 16.4 Å². The minimum Gasteiger partial charge on any atom is -0.456 e. The summed E-state index contributed by atoms with van der Waals surface area (Å²) < 4.78 is 29.5. The maximum Gasteiger partial charge on any atom is 0.307 e. The summed E-state index contributed by atoms with van der Waals surface area (Å²) in [5.41, 5.74) is 1.38. The lowest BCUT2D eigenvalue weighted by Crippen LogP contribution is -2.31. The topological polar surface area (TPSA) is 119 Å². The fourth-order valence-electron chi connectivity index (χ4n) is 2.61. The van der Waals surface area contributed by atoms with Crippen LogP contribution >= 0.6 is 0 Å². The number of anilines is 1. The normalized spacial score (nSPS) is 11.9. The number of esters is 1. The number of nitrogens with one attached hydrogen (secondary N) is 2. The summed E-state index contributed by atoms with van der Waals surface area (Å²) in [6.07, 6.45) is -0.378. The number of amides is 2. The van der Waals surface area contributed by atoms with Gasteiger partial charge >= 0.3 is 5.97 Å². The molecule has 2 rings (SSSR count). The first-order valence-corrected chi connectivity index (χ1v) is 10.9. The van der Waals surface area contributed by atoms with Gasteiger partial charge in [-0.25, -0.2) is 8.42 Å². The third kappa shape index (κ3) is 7.32. The van der Waals surface area contributed by atoms with Crippen molar-refractivity contribution in [1.82, 2.24) is 5.32 Å². The van der Waals surface area contributed by atoms with Crippen molar-refractivity contribution in [1.29, 1.82) is 0 Å². The van der Waals surface area contributed by atoms with Crippen molar-refractivity contribution in [2.45, 2.75) is 31.2 Å². The summed E-state index contributed by atoms with van der Waals surface area (Å²) in [5.74, 6) is -1.98. The Morgan fingerprint density at radius 1 is 1.00 bits per heavy atom. The van der Waals surface area contributed by atoms with E-state index in [9.17, 15) is 22.8 Å². The second kappa shape index (κ2) is 10.5. The Morgan fingerprint density at radius 3 is 2.23 bits per heavy atom. The van der Waals surface area contributed by atoms with Crippen LogP contribution in [0, 0.1) is 0 Å². The van der Waals surface area contributed by atoms with Crippen molar-refractivity contribution in [2.75, 3.05) is 17.7 Å². The summed E-state index contributed by atoms with van der Waals surface area (Å²) in [5, 5.41) is 5.24. The van der Waals surface area contributed by atoms with Crippen LogP contribution in [0.15, 0.2) is 59.5 Å². The van der Waals surface area contributed by atoms with Crippen molar-refractivity contribution in [3.05, 3.63) is 60.2 Å². The fraction of sp³-hybridized carbons (Fsp3) is 0.286. The Morgan fingerprint density at radius 2 is 1.63 bits per heavy atom. The summed E-state index contributed by atoms with van der Waals surface area (Å²) in [6.45, 7) is 2.67. The molecule has 0 radical (unpaired) electrons. The quantitative estimate of drug-likeness (QED) is 0.587. The van der Waals surface area contributed by atoms with E-state index < -0.39 is 34.1 Å². The molecule has 0 heterocycles. The molecule has 1 atom stereocenters. The van der Waals surface area contributed by atoms with E-state index in [1.165, 1.54) is 31.2 Å². The molecule has 9 heteroatoms. The predicted molar refractivity (Wildman–Crippen MR) is 111 cm³/mol. The van der Waals surface area contributed by atoms with Crippen LogP contribution in [0.2, 0.25) is 0 Å². The largest absolute Gasteiger partial charge is 0.456 e. The van der Waals surface area contributed by atoms with Gasteiger partial charge in [0.25, 0.3) is 5.91 Å². The van der Waals surface area contributed by atoms with E-state index in [0.29, 0.717) is 5.69 Å². The van der Waals surface area contributed by atoms with Gasteiger partial charge in [0, 0.05) is 12.6 Å². The average Bonchev–Trinajstić information content (AvgIpc) is 2.71. The molecule has 0 spiro atoms. The molecule has 2 amide bonds. The summed E-state index contributed by atoms with van der Waals surface area (Å²) >= 11 is 0. The Kier molecular flexibility index (Phi) is 8.11. The Labute approximate surface area is 175 Å². The molecule has 0 aliphatic carbocycles. The maximum absolute atomic E-state index is 12.3. The van der Waals surface area contributed by atoms with Crippen LogP contribution in [0.5, 0.6) is 0 Å². The van der Waals surface area contributed by atoms with E-state index in [0.717, 1.165) is 5.56 Å². The van der Waals surface area contributed by atoms with E-state index in [1.807, 2.05) is 30.3 Å². The van der Waals surface area contributed by atoms with Gasteiger partial charge in [-0.2, -0.15) is 0 Å². The van der Waals surface area contributed by atoms with Crippen LogP contribution in [0.1, 0.15) is 31.9 Å². The van der Waals surface area contributed by atoms with Crippen LogP contribution in [0.25, 0.3) is 0 Å². The van der Waals surface area contributed by atoms with Gasteiger partial charge in [-0.1, -0.05) is 30.3 Å². The standard InChI is InChI=1S/C21H24N2O6S/c1-15(17-6-4-3-5-7-17)22-20(25)14-29-21(26)12-13-30(27,28)19-10-8-18(9-11-19)23-16(2)24/h3-11,15H,12-14H2,1-2H3,(H,22,25)(H,23,24)/t15-/m0/s1. The van der Waals surface area contributed by atoms with Gasteiger partial charge in [-0.05, 0) is 36.8 Å². The highest BCUT2D eigenvalue weighted by Crippen LogP contribution is 2.16. The molecular weight excluding hydrogens is 408 g/mol. The van der Waals surface area contributed by atoms with Gasteiger partial charge in [0.1, 0.15) is 0 Å². The first kappa shape index (κ1) is 23.1. The Hall–Kier alpha value is -3.20. The molecule has 0 aliphatic heterocycles. The minimum absolute atomic E-state index is 0.0267. The van der Waals surface area contributed by atoms with Crippen LogP contribution < -0.4 is 10.6 Å².